The predicted octanol–water partition coefficient (Wildman–Crippen LogP) is 3.99. The van der Waals surface area contributed by atoms with Gasteiger partial charge in [0, 0.05) is 38.0 Å². The van der Waals surface area contributed by atoms with Crippen LogP contribution < -0.4 is 0 Å². The third kappa shape index (κ3) is 4.95. The molecule has 2 fully saturated rings. The molecule has 5 heteroatoms. The zero-order valence-corrected chi connectivity index (χ0v) is 16.3. The van der Waals surface area contributed by atoms with Crippen molar-refractivity contribution in [2.45, 2.75) is 52.5 Å². The van der Waals surface area contributed by atoms with E-state index in [9.17, 15) is 4.79 Å². The molecule has 0 radical (unpaired) electrons. The Bertz CT molecular complexity index is 606. The number of halogens is 1. The van der Waals surface area contributed by atoms with Gasteiger partial charge in [0.2, 0.25) is 5.91 Å². The molecule has 0 N–H and O–H groups in total. The topological polar surface area (TPSA) is 36.4 Å². The van der Waals surface area contributed by atoms with Crippen LogP contribution in [0.4, 0.5) is 0 Å². The van der Waals surface area contributed by atoms with Crippen LogP contribution in [-0.2, 0) is 11.3 Å². The second-order valence-corrected chi connectivity index (χ2v) is 8.65. The monoisotopic (exact) mass is 363 g/mol. The van der Waals surface area contributed by atoms with Gasteiger partial charge in [0.15, 0.2) is 0 Å². The van der Waals surface area contributed by atoms with Crippen LogP contribution >= 0.6 is 11.6 Å². The number of likely N-dealkylation sites (tertiary alicyclic amines) is 2. The lowest BCUT2D eigenvalue weighted by atomic mass is 9.73. The summed E-state index contributed by atoms with van der Waals surface area (Å²) in [5.74, 6) is 0.988. The Balaban J connectivity index is 1.63. The maximum absolute atomic E-state index is 12.3. The number of aromatic nitrogens is 1. The summed E-state index contributed by atoms with van der Waals surface area (Å²) in [5.41, 5.74) is 1.30. The highest BCUT2D eigenvalue weighted by molar-refractivity contribution is 6.29. The number of hydrogen-bond donors (Lipinski definition) is 0. The molecule has 3 rings (SSSR count). The zero-order chi connectivity index (χ0) is 17.9. The molecule has 0 saturated carbocycles. The third-order valence-electron chi connectivity index (χ3n) is 5.62. The molecule has 1 amide bonds. The lowest BCUT2D eigenvalue weighted by molar-refractivity contribution is -0.139. The van der Waals surface area contributed by atoms with Gasteiger partial charge in [-0.25, -0.2) is 4.98 Å². The fourth-order valence-corrected chi connectivity index (χ4v) is 4.45. The van der Waals surface area contributed by atoms with Gasteiger partial charge >= 0.3 is 0 Å². The maximum atomic E-state index is 12.3. The Morgan fingerprint density at radius 1 is 1.28 bits per heavy atom. The SMILES string of the molecule is CC(C)CCN1C[C@@]2(CCCN(Cc3cccc(Cl)n3)C2)CCC1=O. The van der Waals surface area contributed by atoms with E-state index in [0.29, 0.717) is 23.4 Å². The van der Waals surface area contributed by atoms with Gasteiger partial charge in [-0.05, 0) is 50.3 Å². The molecule has 25 heavy (non-hydrogen) atoms. The molecule has 138 valence electrons. The van der Waals surface area contributed by atoms with Crippen molar-refractivity contribution in [3.63, 3.8) is 0 Å². The molecule has 1 aromatic heterocycles. The van der Waals surface area contributed by atoms with Crippen molar-refractivity contribution in [2.24, 2.45) is 11.3 Å². The van der Waals surface area contributed by atoms with E-state index in [1.54, 1.807) is 0 Å². The van der Waals surface area contributed by atoms with Crippen molar-refractivity contribution in [1.29, 1.82) is 0 Å². The van der Waals surface area contributed by atoms with E-state index in [2.05, 4.69) is 28.6 Å². The summed E-state index contributed by atoms with van der Waals surface area (Å²) in [4.78, 5) is 21.4. The number of carbonyl (C=O) groups excluding carboxylic acids is 1. The van der Waals surface area contributed by atoms with Gasteiger partial charge < -0.3 is 4.90 Å². The van der Waals surface area contributed by atoms with E-state index in [1.807, 2.05) is 18.2 Å². The van der Waals surface area contributed by atoms with Crippen LogP contribution in [0.1, 0.15) is 51.6 Å². The number of carbonyl (C=O) groups is 1. The Morgan fingerprint density at radius 3 is 2.88 bits per heavy atom. The largest absolute Gasteiger partial charge is 0.342 e. The van der Waals surface area contributed by atoms with Gasteiger partial charge in [-0.15, -0.1) is 0 Å². The first-order chi connectivity index (χ1) is 12.0. The van der Waals surface area contributed by atoms with Crippen LogP contribution in [0.2, 0.25) is 5.15 Å². The Kier molecular flexibility index (Phi) is 6.00. The number of nitrogens with zero attached hydrogens (tertiary/aromatic N) is 3. The molecule has 0 unspecified atom stereocenters. The number of hydrogen-bond acceptors (Lipinski definition) is 3. The van der Waals surface area contributed by atoms with Crippen LogP contribution in [0.5, 0.6) is 0 Å². The average Bonchev–Trinajstić information content (AvgIpc) is 2.56. The Morgan fingerprint density at radius 2 is 2.12 bits per heavy atom. The first-order valence-corrected chi connectivity index (χ1v) is 9.95. The summed E-state index contributed by atoms with van der Waals surface area (Å²) in [7, 11) is 0. The molecule has 3 heterocycles. The highest BCUT2D eigenvalue weighted by Gasteiger charge is 2.41. The van der Waals surface area contributed by atoms with E-state index in [0.717, 1.165) is 51.3 Å². The molecule has 1 atom stereocenters. The van der Waals surface area contributed by atoms with E-state index < -0.39 is 0 Å². The molecule has 0 aromatic carbocycles. The molecule has 0 aliphatic carbocycles. The standard InChI is InChI=1S/C20H30ClN3O/c1-16(2)8-12-24-15-20(10-7-19(24)25)9-4-11-23(14-20)13-17-5-3-6-18(21)22-17/h3,5-6,16H,4,7-15H2,1-2H3/t20-/m0/s1. The smallest absolute Gasteiger partial charge is 0.222 e. The van der Waals surface area contributed by atoms with Gasteiger partial charge in [0.1, 0.15) is 5.15 Å². The lowest BCUT2D eigenvalue weighted by Gasteiger charge is -2.48. The Labute approximate surface area is 156 Å². The maximum Gasteiger partial charge on any atom is 0.222 e. The molecule has 1 spiro atoms. The average molecular weight is 364 g/mol. The number of rotatable bonds is 5. The second kappa shape index (κ2) is 8.05. The van der Waals surface area contributed by atoms with E-state index in [-0.39, 0.29) is 5.41 Å². The van der Waals surface area contributed by atoms with Crippen LogP contribution in [0.25, 0.3) is 0 Å². The van der Waals surface area contributed by atoms with Crippen molar-refractivity contribution in [3.05, 3.63) is 29.0 Å². The molecule has 2 aliphatic rings. The first-order valence-electron chi connectivity index (χ1n) is 9.57. The summed E-state index contributed by atoms with van der Waals surface area (Å²) in [6, 6.07) is 5.84. The highest BCUT2D eigenvalue weighted by atomic mass is 35.5. The Hall–Kier alpha value is -1.13. The minimum Gasteiger partial charge on any atom is -0.342 e. The molecule has 0 bridgehead atoms. The minimum absolute atomic E-state index is 0.266. The van der Waals surface area contributed by atoms with Gasteiger partial charge in [-0.2, -0.15) is 0 Å². The second-order valence-electron chi connectivity index (χ2n) is 8.26. The van der Waals surface area contributed by atoms with Crippen LogP contribution in [0, 0.1) is 11.3 Å². The van der Waals surface area contributed by atoms with Crippen LogP contribution in [-0.4, -0.2) is 46.9 Å². The summed E-state index contributed by atoms with van der Waals surface area (Å²) < 4.78 is 0. The summed E-state index contributed by atoms with van der Waals surface area (Å²) in [6.45, 7) is 9.31. The van der Waals surface area contributed by atoms with Crippen molar-refractivity contribution in [3.8, 4) is 0 Å². The number of piperidine rings is 2. The highest BCUT2D eigenvalue weighted by Crippen LogP contribution is 2.39. The van der Waals surface area contributed by atoms with Gasteiger partial charge in [0.25, 0.3) is 0 Å². The first kappa shape index (κ1) is 18.7. The van der Waals surface area contributed by atoms with Crippen LogP contribution in [0.3, 0.4) is 0 Å². The third-order valence-corrected chi connectivity index (χ3v) is 5.83. The van der Waals surface area contributed by atoms with E-state index in [4.69, 9.17) is 11.6 Å². The molecule has 2 aliphatic heterocycles. The van der Waals surface area contributed by atoms with Crippen molar-refractivity contribution in [1.82, 2.24) is 14.8 Å². The molecule has 1 aromatic rings. The van der Waals surface area contributed by atoms with E-state index in [1.165, 1.54) is 12.8 Å². The lowest BCUT2D eigenvalue weighted by Crippen LogP contribution is -2.54. The van der Waals surface area contributed by atoms with Crippen LogP contribution in [0.15, 0.2) is 18.2 Å². The van der Waals surface area contributed by atoms with Crippen molar-refractivity contribution in [2.75, 3.05) is 26.2 Å². The summed E-state index contributed by atoms with van der Waals surface area (Å²) >= 11 is 6.03. The van der Waals surface area contributed by atoms with Crippen molar-refractivity contribution >= 4 is 17.5 Å². The molecule has 4 nitrogen and oxygen atoms in total. The summed E-state index contributed by atoms with van der Waals surface area (Å²) in [5, 5.41) is 0.562. The zero-order valence-electron chi connectivity index (χ0n) is 15.5. The fraction of sp³-hybridized carbons (Fsp3) is 0.700. The number of amides is 1. The fourth-order valence-electron chi connectivity index (χ4n) is 4.27. The number of pyridine rings is 1. The summed E-state index contributed by atoms with van der Waals surface area (Å²) in [6.07, 6.45) is 5.27. The molecular weight excluding hydrogens is 334 g/mol. The molecular formula is C20H30ClN3O. The molecule has 2 saturated heterocycles. The van der Waals surface area contributed by atoms with Gasteiger partial charge in [0.05, 0.1) is 5.69 Å². The minimum atomic E-state index is 0.266. The van der Waals surface area contributed by atoms with Gasteiger partial charge in [-0.1, -0.05) is 31.5 Å². The normalized spacial score (nSPS) is 25.1. The predicted molar refractivity (Wildman–Crippen MR) is 101 cm³/mol. The quantitative estimate of drug-likeness (QED) is 0.742. The van der Waals surface area contributed by atoms with E-state index >= 15 is 0 Å². The van der Waals surface area contributed by atoms with Gasteiger partial charge in [-0.3, -0.25) is 9.69 Å². The van der Waals surface area contributed by atoms with Crippen molar-refractivity contribution < 1.29 is 4.79 Å².